The number of phenols is 1. The van der Waals surface area contributed by atoms with Crippen LogP contribution >= 0.6 is 22.7 Å². The van der Waals surface area contributed by atoms with Crippen molar-refractivity contribution in [3.63, 3.8) is 0 Å². The molecule has 9 unspecified atom stereocenters. The molecule has 8 N–H and O–H groups in total. The number of aromatic amines is 1. The van der Waals surface area contributed by atoms with E-state index in [1.165, 1.54) is 30.4 Å². The van der Waals surface area contributed by atoms with E-state index in [1.54, 1.807) is 35.1 Å². The summed E-state index contributed by atoms with van der Waals surface area (Å²) in [6.45, 7) is 4.08. The number of carbonyl (C=O) groups is 1. The third kappa shape index (κ3) is 9.65. The summed E-state index contributed by atoms with van der Waals surface area (Å²) in [6.07, 6.45) is 18.6. The summed E-state index contributed by atoms with van der Waals surface area (Å²) in [6, 6.07) is 18.6. The molecule has 4 saturated carbocycles. The van der Waals surface area contributed by atoms with Crippen LogP contribution in [0.5, 0.6) is 5.75 Å². The fourth-order valence-electron chi connectivity index (χ4n) is 14.9. The van der Waals surface area contributed by atoms with E-state index in [0.717, 1.165) is 106 Å². The number of hydrogen-bond donors (Lipinski definition) is 7. The number of rotatable bonds is 8. The number of ketones is 1. The number of aromatic nitrogens is 2. The van der Waals surface area contributed by atoms with Crippen LogP contribution in [0.3, 0.4) is 0 Å². The summed E-state index contributed by atoms with van der Waals surface area (Å²) in [5, 5.41) is 42.7. The molecule has 0 radical (unpaired) electrons. The van der Waals surface area contributed by atoms with E-state index in [4.69, 9.17) is 10.7 Å². The van der Waals surface area contributed by atoms with E-state index < -0.39 is 5.60 Å². The van der Waals surface area contributed by atoms with Crippen LogP contribution in [0, 0.1) is 64.1 Å². The molecule has 5 aliphatic carbocycles. The van der Waals surface area contributed by atoms with Gasteiger partial charge in [0.15, 0.2) is 11.7 Å². The molecular weight excluding hydrogens is 933 g/mol. The number of imidazole rings is 1. The SMILES string of the molecule is CC#Cc1ccc(-c2ccc(C(=O)C3CCC4CC35CC(C3C#Cc6c(cc(O)cc6NCC(C)(O)Cc6cccc(c6Cc6cnc[nH]6)C3)CC4N=C(N)NC3CCCCC3)C3(CCCC3CO)C5)s2)s1. The summed E-state index contributed by atoms with van der Waals surface area (Å²) < 4.78 is 0. The number of carbonyl (C=O) groups excluding carboxylic acids is 1. The van der Waals surface area contributed by atoms with E-state index in [0.29, 0.717) is 37.3 Å². The van der Waals surface area contributed by atoms with Gasteiger partial charge in [-0.15, -0.1) is 28.6 Å². The number of aromatic hydroxyl groups is 1. The van der Waals surface area contributed by atoms with E-state index in [-0.39, 0.29) is 77.2 Å². The Bertz CT molecular complexity index is 2960. The van der Waals surface area contributed by atoms with Gasteiger partial charge in [-0.2, -0.15) is 0 Å². The zero-order chi connectivity index (χ0) is 49.6. The van der Waals surface area contributed by atoms with Crippen molar-refractivity contribution in [3.05, 3.63) is 110 Å². The average molecular weight is 1000 g/mol. The number of aliphatic hydroxyl groups is 2. The zero-order valence-electron chi connectivity index (χ0n) is 41.9. The molecule has 72 heavy (non-hydrogen) atoms. The van der Waals surface area contributed by atoms with Gasteiger partial charge in [-0.25, -0.2) is 9.98 Å². The van der Waals surface area contributed by atoms with Crippen LogP contribution in [0.4, 0.5) is 5.69 Å². The number of thiophene rings is 2. The van der Waals surface area contributed by atoms with E-state index in [2.05, 4.69) is 86.7 Å². The van der Waals surface area contributed by atoms with Gasteiger partial charge in [0, 0.05) is 71.6 Å². The molecule has 0 saturated heterocycles. The number of Topliss-reactive ketones (excluding diaryl/α,β-unsaturated/α-hetero) is 1. The highest BCUT2D eigenvalue weighted by Gasteiger charge is 2.64. The van der Waals surface area contributed by atoms with Gasteiger partial charge in [-0.05, 0) is 166 Å². The first-order valence-electron chi connectivity index (χ1n) is 26.7. The minimum absolute atomic E-state index is 0.0788. The summed E-state index contributed by atoms with van der Waals surface area (Å²) in [5.41, 5.74) is 12.1. The molecule has 2 aromatic carbocycles. The second-order valence-corrected chi connectivity index (χ2v) is 24.9. The number of nitrogens with zero attached hydrogens (tertiary/aromatic N) is 2. The summed E-state index contributed by atoms with van der Waals surface area (Å²) in [4.78, 5) is 33.0. The normalized spacial score (nSPS) is 30.3. The molecule has 10 nitrogen and oxygen atoms in total. The molecule has 4 heterocycles. The molecule has 6 aliphatic rings. The number of phenolic OH excluding ortho intramolecular Hbond substituents is 1. The molecule has 376 valence electrons. The van der Waals surface area contributed by atoms with Crippen molar-refractivity contribution in [2.75, 3.05) is 18.5 Å². The fourth-order valence-corrected chi connectivity index (χ4v) is 16.9. The lowest BCUT2D eigenvalue weighted by atomic mass is 9.57. The number of aliphatic hydroxyl groups excluding tert-OH is 1. The molecule has 9 atom stereocenters. The number of β-amino-alcohol motifs (C(OH)–C–C–N with tert-alkyl or cyclic N) is 1. The number of aliphatic imine (C=N–C) groups is 1. The number of nitrogens with one attached hydrogen (secondary N) is 3. The molecule has 1 aliphatic heterocycles. The predicted molar refractivity (Wildman–Crippen MR) is 289 cm³/mol. The number of guanidine groups is 1. The lowest BCUT2D eigenvalue weighted by Gasteiger charge is -2.47. The van der Waals surface area contributed by atoms with Crippen LogP contribution in [-0.2, 0) is 25.7 Å². The van der Waals surface area contributed by atoms with Gasteiger partial charge in [-0.3, -0.25) is 4.79 Å². The number of benzene rings is 2. The van der Waals surface area contributed by atoms with Crippen molar-refractivity contribution in [2.45, 2.75) is 141 Å². The lowest BCUT2D eigenvalue weighted by molar-refractivity contribution is 0.0241. The molecule has 4 fully saturated rings. The van der Waals surface area contributed by atoms with E-state index in [1.807, 2.05) is 26.1 Å². The van der Waals surface area contributed by atoms with Gasteiger partial charge in [0.1, 0.15) is 5.75 Å². The molecule has 12 heteroatoms. The maximum atomic E-state index is 15.7. The van der Waals surface area contributed by atoms with Crippen LogP contribution in [0.2, 0.25) is 0 Å². The van der Waals surface area contributed by atoms with Gasteiger partial charge >= 0.3 is 0 Å². The van der Waals surface area contributed by atoms with Crippen molar-refractivity contribution in [1.82, 2.24) is 15.3 Å². The van der Waals surface area contributed by atoms with Crippen LogP contribution in [0.25, 0.3) is 9.75 Å². The first-order valence-corrected chi connectivity index (χ1v) is 28.3. The Hall–Kier alpha value is -5.37. The molecule has 3 aromatic heterocycles. The van der Waals surface area contributed by atoms with Gasteiger partial charge in [0.2, 0.25) is 0 Å². The molecule has 0 amide bonds. The molecule has 11 rings (SSSR count). The van der Waals surface area contributed by atoms with Crippen molar-refractivity contribution in [1.29, 1.82) is 0 Å². The Morgan fingerprint density at radius 1 is 0.986 bits per heavy atom. The van der Waals surface area contributed by atoms with Gasteiger partial charge in [0.05, 0.1) is 39.0 Å². The third-order valence-corrected chi connectivity index (χ3v) is 20.3. The number of hydrogen-bond acceptors (Lipinski definition) is 9. The Morgan fingerprint density at radius 2 is 1.82 bits per heavy atom. The summed E-state index contributed by atoms with van der Waals surface area (Å²) in [5.74, 6) is 14.8. The molecule has 7 bridgehead atoms. The van der Waals surface area contributed by atoms with Crippen LogP contribution in [0.15, 0.2) is 72.1 Å². The second-order valence-electron chi connectivity index (χ2n) is 22.7. The van der Waals surface area contributed by atoms with Gasteiger partial charge in [-0.1, -0.05) is 61.6 Å². The zero-order valence-corrected chi connectivity index (χ0v) is 43.5. The minimum Gasteiger partial charge on any atom is -0.508 e. The first kappa shape index (κ1) is 48.9. The average Bonchev–Trinajstić information content (AvgIpc) is 4.23. The number of fused-ring (bicyclic) bond motifs is 7. The largest absolute Gasteiger partial charge is 0.508 e. The topological polar surface area (TPSA) is 169 Å². The Labute approximate surface area is 433 Å². The molecule has 2 spiro atoms. The number of anilines is 1. The standard InChI is InChI=1S/C60H70N6O4S2/c1-3-9-46-17-20-53(71-46)54-21-22-55(72-54)56(69)49-19-16-40-30-59(49)31-50(60(34-59)23-8-12-42(60)33-67)38-15-18-47-41(26-51(40)66-57(61)65-43-13-5-4-6-14-43)25-45(68)28-52(47)63-35-58(2,70)29-39-11-7-10-37(24-38)48(39)27-44-32-62-36-64-44/h7,10-11,17,20-22,25,28,32,36,38,40,42-43,49-51,63,67-68,70H,4-6,8,12-14,16,19,23-24,26-27,29-31,33-35H2,1-2H3,(H,62,64)(H3,61,65,66). The van der Waals surface area contributed by atoms with Crippen molar-refractivity contribution >= 4 is 40.1 Å². The van der Waals surface area contributed by atoms with Crippen molar-refractivity contribution < 1.29 is 20.1 Å². The maximum absolute atomic E-state index is 15.7. The fraction of sp³-hybridized carbons (Fsp3) is 0.517. The highest BCUT2D eigenvalue weighted by molar-refractivity contribution is 7.23. The quantitative estimate of drug-likeness (QED) is 0.0349. The Balaban J connectivity index is 1.09. The highest BCUT2D eigenvalue weighted by atomic mass is 32.1. The smallest absolute Gasteiger partial charge is 0.189 e. The lowest BCUT2D eigenvalue weighted by Crippen LogP contribution is -2.45. The second kappa shape index (κ2) is 20.2. The van der Waals surface area contributed by atoms with Crippen molar-refractivity contribution in [3.8, 4) is 39.2 Å². The molecular formula is C60H70N6O4S2. The Morgan fingerprint density at radius 3 is 2.64 bits per heavy atom. The monoisotopic (exact) mass is 1000 g/mol. The summed E-state index contributed by atoms with van der Waals surface area (Å²) in [7, 11) is 0. The predicted octanol–water partition coefficient (Wildman–Crippen LogP) is 10.4. The van der Waals surface area contributed by atoms with Gasteiger partial charge < -0.3 is 36.7 Å². The first-order chi connectivity index (χ1) is 34.9. The minimum atomic E-state index is -1.15. The van der Waals surface area contributed by atoms with Crippen LogP contribution < -0.4 is 16.4 Å². The van der Waals surface area contributed by atoms with E-state index in [9.17, 15) is 15.3 Å². The number of H-pyrrole nitrogens is 1. The van der Waals surface area contributed by atoms with Crippen LogP contribution in [0.1, 0.15) is 145 Å². The van der Waals surface area contributed by atoms with Gasteiger partial charge in [0.25, 0.3) is 0 Å². The van der Waals surface area contributed by atoms with E-state index >= 15 is 4.79 Å². The Kier molecular flexibility index (Phi) is 13.7. The molecule has 5 aromatic rings. The highest BCUT2D eigenvalue weighted by Crippen LogP contribution is 2.70. The van der Waals surface area contributed by atoms with Crippen LogP contribution in [-0.4, -0.2) is 67.9 Å². The maximum Gasteiger partial charge on any atom is 0.189 e. The summed E-state index contributed by atoms with van der Waals surface area (Å²) >= 11 is 3.28. The third-order valence-electron chi connectivity index (χ3n) is 18.0. The van der Waals surface area contributed by atoms with Crippen molar-refractivity contribution in [2.24, 2.45) is 51.1 Å². The number of nitrogens with two attached hydrogens (primary N) is 1.